The van der Waals surface area contributed by atoms with Crippen molar-refractivity contribution in [3.63, 3.8) is 0 Å². The summed E-state index contributed by atoms with van der Waals surface area (Å²) >= 11 is 0. The van der Waals surface area contributed by atoms with Gasteiger partial charge in [-0.05, 0) is 30.0 Å². The predicted octanol–water partition coefficient (Wildman–Crippen LogP) is 4.18. The van der Waals surface area contributed by atoms with Gasteiger partial charge in [-0.3, -0.25) is 4.90 Å². The quantitative estimate of drug-likeness (QED) is 0.701. The lowest BCUT2D eigenvalue weighted by atomic mass is 9.99. The van der Waals surface area contributed by atoms with Crippen LogP contribution in [0.1, 0.15) is 35.3 Å². The van der Waals surface area contributed by atoms with E-state index in [4.69, 9.17) is 4.42 Å². The van der Waals surface area contributed by atoms with E-state index in [0.717, 1.165) is 26.2 Å². The minimum Gasteiger partial charge on any atom is -0.478 e. The molecule has 0 bridgehead atoms. The molecule has 6 nitrogen and oxygen atoms in total. The van der Waals surface area contributed by atoms with Gasteiger partial charge in [-0.2, -0.15) is 4.98 Å². The number of fused-ring (bicyclic) bond motifs is 1. The highest BCUT2D eigenvalue weighted by Gasteiger charge is 2.32. The summed E-state index contributed by atoms with van der Waals surface area (Å²) in [5.74, 6) is -0.565. The number of carboxylic acids is 1. The van der Waals surface area contributed by atoms with Crippen molar-refractivity contribution >= 4 is 23.1 Å². The molecule has 1 unspecified atom stereocenters. The first-order valence-corrected chi connectivity index (χ1v) is 10.1. The zero-order valence-corrected chi connectivity index (χ0v) is 17.1. The fourth-order valence-corrected chi connectivity index (χ4v) is 4.14. The topological polar surface area (TPSA) is 69.8 Å². The fourth-order valence-electron chi connectivity index (χ4n) is 4.14. The van der Waals surface area contributed by atoms with Crippen molar-refractivity contribution < 1.29 is 14.3 Å². The van der Waals surface area contributed by atoms with Gasteiger partial charge in [-0.15, -0.1) is 0 Å². The second kappa shape index (κ2) is 7.87. The minimum atomic E-state index is -0.971. The van der Waals surface area contributed by atoms with Crippen LogP contribution in [0, 0.1) is 12.8 Å². The Bertz CT molecular complexity index is 1010. The Morgan fingerprint density at radius 3 is 2.66 bits per heavy atom. The monoisotopic (exact) mass is 393 g/mol. The summed E-state index contributed by atoms with van der Waals surface area (Å²) in [5, 5.41) is 9.60. The van der Waals surface area contributed by atoms with Crippen molar-refractivity contribution in [3.05, 3.63) is 59.2 Å². The maximum Gasteiger partial charge on any atom is 0.338 e. The standard InChI is InChI=1S/C23H27N3O3/c1-15(2)18-14-25(13-17-7-5-4-6-8-17)11-12-26(18)23-24-21-19(29-23)10-9-16(3)20(21)22(27)28/h4-10,15,18H,11-14H2,1-3H3,(H,27,28). The average molecular weight is 393 g/mol. The summed E-state index contributed by atoms with van der Waals surface area (Å²) in [6.45, 7) is 9.74. The number of rotatable bonds is 5. The van der Waals surface area contributed by atoms with Crippen LogP contribution in [-0.4, -0.2) is 46.6 Å². The highest BCUT2D eigenvalue weighted by molar-refractivity contribution is 6.02. The molecule has 1 aromatic heterocycles. The Kier molecular flexibility index (Phi) is 5.28. The summed E-state index contributed by atoms with van der Waals surface area (Å²) < 4.78 is 6.02. The number of aryl methyl sites for hydroxylation is 1. The number of hydrogen-bond acceptors (Lipinski definition) is 5. The minimum absolute atomic E-state index is 0.223. The zero-order chi connectivity index (χ0) is 20.5. The van der Waals surface area contributed by atoms with Crippen LogP contribution >= 0.6 is 0 Å². The summed E-state index contributed by atoms with van der Waals surface area (Å²) in [4.78, 5) is 21.0. The first-order valence-electron chi connectivity index (χ1n) is 10.1. The molecule has 0 amide bonds. The number of aromatic nitrogens is 1. The van der Waals surface area contributed by atoms with E-state index in [9.17, 15) is 9.90 Å². The summed E-state index contributed by atoms with van der Waals surface area (Å²) in [6.07, 6.45) is 0. The molecule has 0 radical (unpaired) electrons. The molecule has 3 aromatic rings. The average Bonchev–Trinajstić information content (AvgIpc) is 3.12. The molecule has 0 aliphatic carbocycles. The van der Waals surface area contributed by atoms with Gasteiger partial charge >= 0.3 is 5.97 Å². The third-order valence-electron chi connectivity index (χ3n) is 5.74. The lowest BCUT2D eigenvalue weighted by molar-refractivity contribution is 0.0698. The van der Waals surface area contributed by atoms with E-state index in [-0.39, 0.29) is 11.6 Å². The smallest absolute Gasteiger partial charge is 0.338 e. The molecule has 1 N–H and O–H groups in total. The number of hydrogen-bond donors (Lipinski definition) is 1. The molecule has 1 atom stereocenters. The third kappa shape index (κ3) is 3.85. The van der Waals surface area contributed by atoms with E-state index in [1.807, 2.05) is 12.1 Å². The van der Waals surface area contributed by atoms with Crippen molar-refractivity contribution in [2.24, 2.45) is 5.92 Å². The molecule has 1 aliphatic heterocycles. The zero-order valence-electron chi connectivity index (χ0n) is 17.1. The van der Waals surface area contributed by atoms with E-state index in [1.165, 1.54) is 5.56 Å². The molecule has 2 heterocycles. The Balaban J connectivity index is 1.61. The van der Waals surface area contributed by atoms with Gasteiger partial charge in [0, 0.05) is 32.2 Å². The second-order valence-electron chi connectivity index (χ2n) is 8.13. The number of aromatic carboxylic acids is 1. The first-order chi connectivity index (χ1) is 13.9. The number of carbonyl (C=O) groups is 1. The molecule has 1 saturated heterocycles. The Morgan fingerprint density at radius 1 is 1.21 bits per heavy atom. The highest BCUT2D eigenvalue weighted by atomic mass is 16.4. The molecule has 6 heteroatoms. The predicted molar refractivity (Wildman–Crippen MR) is 113 cm³/mol. The Morgan fingerprint density at radius 2 is 1.97 bits per heavy atom. The van der Waals surface area contributed by atoms with Gasteiger partial charge in [0.1, 0.15) is 5.52 Å². The molecular formula is C23H27N3O3. The molecule has 2 aromatic carbocycles. The van der Waals surface area contributed by atoms with Gasteiger partial charge in [0.25, 0.3) is 6.01 Å². The van der Waals surface area contributed by atoms with Crippen molar-refractivity contribution in [1.82, 2.24) is 9.88 Å². The lowest BCUT2D eigenvalue weighted by Crippen LogP contribution is -2.55. The molecule has 1 fully saturated rings. The molecule has 0 saturated carbocycles. The van der Waals surface area contributed by atoms with Crippen LogP contribution in [0.15, 0.2) is 46.9 Å². The normalized spacial score (nSPS) is 17.9. The SMILES string of the molecule is Cc1ccc2oc(N3CCN(Cc4ccccc4)CC3C(C)C)nc2c1C(=O)O. The summed E-state index contributed by atoms with van der Waals surface area (Å²) in [5.41, 5.74) is 3.19. The van der Waals surface area contributed by atoms with Crippen LogP contribution in [-0.2, 0) is 6.54 Å². The van der Waals surface area contributed by atoms with Gasteiger partial charge in [0.15, 0.2) is 5.58 Å². The van der Waals surface area contributed by atoms with Gasteiger partial charge < -0.3 is 14.4 Å². The van der Waals surface area contributed by atoms with Crippen molar-refractivity contribution in [3.8, 4) is 0 Å². The molecule has 1 aliphatic rings. The van der Waals surface area contributed by atoms with Gasteiger partial charge in [0.05, 0.1) is 5.56 Å². The first kappa shape index (κ1) is 19.5. The van der Waals surface area contributed by atoms with E-state index in [1.54, 1.807) is 13.0 Å². The molecule has 29 heavy (non-hydrogen) atoms. The van der Waals surface area contributed by atoms with E-state index in [2.05, 4.69) is 52.9 Å². The number of carboxylic acid groups (broad SMARTS) is 1. The number of nitrogens with zero attached hydrogens (tertiary/aromatic N) is 3. The van der Waals surface area contributed by atoms with E-state index >= 15 is 0 Å². The maximum absolute atomic E-state index is 11.7. The van der Waals surface area contributed by atoms with Crippen LogP contribution in [0.25, 0.3) is 11.1 Å². The third-order valence-corrected chi connectivity index (χ3v) is 5.74. The van der Waals surface area contributed by atoms with Crippen molar-refractivity contribution in [2.75, 3.05) is 24.5 Å². The van der Waals surface area contributed by atoms with Crippen LogP contribution in [0.2, 0.25) is 0 Å². The molecular weight excluding hydrogens is 366 g/mol. The number of piperazine rings is 1. The number of anilines is 1. The second-order valence-corrected chi connectivity index (χ2v) is 8.13. The molecule has 4 rings (SSSR count). The summed E-state index contributed by atoms with van der Waals surface area (Å²) in [6, 6.07) is 14.9. The fraction of sp³-hybridized carbons (Fsp3) is 0.391. The lowest BCUT2D eigenvalue weighted by Gasteiger charge is -2.42. The van der Waals surface area contributed by atoms with Crippen molar-refractivity contribution in [1.29, 1.82) is 0 Å². The van der Waals surface area contributed by atoms with Gasteiger partial charge in [0.2, 0.25) is 0 Å². The summed E-state index contributed by atoms with van der Waals surface area (Å²) in [7, 11) is 0. The molecule has 0 spiro atoms. The maximum atomic E-state index is 11.7. The van der Waals surface area contributed by atoms with E-state index < -0.39 is 5.97 Å². The van der Waals surface area contributed by atoms with Gasteiger partial charge in [-0.1, -0.05) is 50.2 Å². The highest BCUT2D eigenvalue weighted by Crippen LogP contribution is 2.30. The Labute approximate surface area is 170 Å². The molecule has 152 valence electrons. The van der Waals surface area contributed by atoms with Crippen molar-refractivity contribution in [2.45, 2.75) is 33.4 Å². The van der Waals surface area contributed by atoms with Crippen LogP contribution in [0.4, 0.5) is 6.01 Å². The Hall–Kier alpha value is -2.86. The number of oxazole rings is 1. The van der Waals surface area contributed by atoms with Crippen LogP contribution in [0.5, 0.6) is 0 Å². The van der Waals surface area contributed by atoms with E-state index in [0.29, 0.717) is 28.6 Å². The van der Waals surface area contributed by atoms with Gasteiger partial charge in [-0.25, -0.2) is 4.79 Å². The van der Waals surface area contributed by atoms with Crippen LogP contribution < -0.4 is 4.90 Å². The largest absolute Gasteiger partial charge is 0.478 e. The number of benzene rings is 2. The van der Waals surface area contributed by atoms with Crippen LogP contribution in [0.3, 0.4) is 0 Å².